The predicted octanol–water partition coefficient (Wildman–Crippen LogP) is 4.82. The Balaban J connectivity index is 2.08. The monoisotopic (exact) mass is 345 g/mol. The van der Waals surface area contributed by atoms with E-state index in [1.165, 1.54) is 0 Å². The van der Waals surface area contributed by atoms with Crippen LogP contribution in [0.1, 0.15) is 43.4 Å². The standard InChI is InChI=1S/C18H20BrNO/c1-3-17(15-9-11-16(19)12-10-15)18(21)20-13(2)14-7-5-4-6-8-14/h4-13,17H,3H2,1-2H3,(H,20,21). The minimum Gasteiger partial charge on any atom is -0.349 e. The molecule has 110 valence electrons. The smallest absolute Gasteiger partial charge is 0.228 e. The lowest BCUT2D eigenvalue weighted by molar-refractivity contribution is -0.123. The van der Waals surface area contributed by atoms with Crippen LogP contribution in [0.4, 0.5) is 0 Å². The molecule has 2 atom stereocenters. The molecule has 0 fully saturated rings. The van der Waals surface area contributed by atoms with Crippen molar-refractivity contribution in [2.24, 2.45) is 0 Å². The van der Waals surface area contributed by atoms with Crippen molar-refractivity contribution in [2.45, 2.75) is 32.2 Å². The van der Waals surface area contributed by atoms with Crippen molar-refractivity contribution < 1.29 is 4.79 Å². The topological polar surface area (TPSA) is 29.1 Å². The minimum absolute atomic E-state index is 0.0169. The Bertz CT molecular complexity index is 580. The molecular formula is C18H20BrNO. The maximum absolute atomic E-state index is 12.5. The van der Waals surface area contributed by atoms with Gasteiger partial charge in [-0.05, 0) is 36.6 Å². The van der Waals surface area contributed by atoms with Gasteiger partial charge in [-0.3, -0.25) is 4.79 Å². The van der Waals surface area contributed by atoms with E-state index in [9.17, 15) is 4.79 Å². The van der Waals surface area contributed by atoms with Gasteiger partial charge in [-0.1, -0.05) is 65.3 Å². The van der Waals surface area contributed by atoms with Crippen LogP contribution in [0.2, 0.25) is 0 Å². The number of hydrogen-bond acceptors (Lipinski definition) is 1. The van der Waals surface area contributed by atoms with E-state index >= 15 is 0 Å². The number of carbonyl (C=O) groups excluding carboxylic acids is 1. The zero-order valence-corrected chi connectivity index (χ0v) is 13.9. The summed E-state index contributed by atoms with van der Waals surface area (Å²) in [6.07, 6.45) is 0.787. The first-order chi connectivity index (χ1) is 10.1. The number of nitrogens with one attached hydrogen (secondary N) is 1. The molecule has 1 N–H and O–H groups in total. The van der Waals surface area contributed by atoms with Gasteiger partial charge in [-0.15, -0.1) is 0 Å². The van der Waals surface area contributed by atoms with E-state index in [4.69, 9.17) is 0 Å². The van der Waals surface area contributed by atoms with Crippen molar-refractivity contribution >= 4 is 21.8 Å². The molecule has 0 aliphatic heterocycles. The summed E-state index contributed by atoms with van der Waals surface area (Å²) >= 11 is 3.42. The van der Waals surface area contributed by atoms with E-state index in [2.05, 4.69) is 21.2 Å². The third kappa shape index (κ3) is 4.18. The van der Waals surface area contributed by atoms with Crippen LogP contribution in [-0.2, 0) is 4.79 Å². The highest BCUT2D eigenvalue weighted by molar-refractivity contribution is 9.10. The highest BCUT2D eigenvalue weighted by Gasteiger charge is 2.20. The Hall–Kier alpha value is -1.61. The molecule has 2 aromatic carbocycles. The van der Waals surface area contributed by atoms with Crippen LogP contribution in [-0.4, -0.2) is 5.91 Å². The quantitative estimate of drug-likeness (QED) is 0.826. The molecule has 0 aromatic heterocycles. The first kappa shape index (κ1) is 15.8. The first-order valence-electron chi connectivity index (χ1n) is 7.22. The predicted molar refractivity (Wildman–Crippen MR) is 90.2 cm³/mol. The van der Waals surface area contributed by atoms with Gasteiger partial charge in [0.25, 0.3) is 0 Å². The Morgan fingerprint density at radius 3 is 2.24 bits per heavy atom. The summed E-state index contributed by atoms with van der Waals surface area (Å²) in [5.41, 5.74) is 2.18. The molecule has 0 heterocycles. The van der Waals surface area contributed by atoms with Gasteiger partial charge in [0.2, 0.25) is 5.91 Å². The van der Waals surface area contributed by atoms with Crippen molar-refractivity contribution in [3.63, 3.8) is 0 Å². The Labute approximate surface area is 134 Å². The normalized spacial score (nSPS) is 13.5. The summed E-state index contributed by atoms with van der Waals surface area (Å²) in [7, 11) is 0. The summed E-state index contributed by atoms with van der Waals surface area (Å²) in [4.78, 5) is 12.5. The van der Waals surface area contributed by atoms with Crippen molar-refractivity contribution in [3.05, 3.63) is 70.2 Å². The number of benzene rings is 2. The number of halogens is 1. The Morgan fingerprint density at radius 1 is 1.05 bits per heavy atom. The average Bonchev–Trinajstić information content (AvgIpc) is 2.50. The third-order valence-corrected chi connectivity index (χ3v) is 4.18. The molecular weight excluding hydrogens is 326 g/mol. The average molecular weight is 346 g/mol. The van der Waals surface area contributed by atoms with Crippen LogP contribution in [0, 0.1) is 0 Å². The van der Waals surface area contributed by atoms with Crippen molar-refractivity contribution in [1.29, 1.82) is 0 Å². The lowest BCUT2D eigenvalue weighted by Gasteiger charge is -2.20. The largest absolute Gasteiger partial charge is 0.349 e. The molecule has 2 nitrogen and oxygen atoms in total. The molecule has 0 radical (unpaired) electrons. The second-order valence-corrected chi connectivity index (χ2v) is 6.07. The molecule has 0 aliphatic rings. The molecule has 0 aliphatic carbocycles. The maximum Gasteiger partial charge on any atom is 0.228 e. The lowest BCUT2D eigenvalue weighted by Crippen LogP contribution is -2.31. The van der Waals surface area contributed by atoms with Gasteiger partial charge >= 0.3 is 0 Å². The molecule has 1 amide bonds. The van der Waals surface area contributed by atoms with Crippen LogP contribution in [0.15, 0.2) is 59.1 Å². The van der Waals surface area contributed by atoms with Gasteiger partial charge in [0.15, 0.2) is 0 Å². The molecule has 0 spiro atoms. The van der Waals surface area contributed by atoms with E-state index in [1.54, 1.807) is 0 Å². The number of carbonyl (C=O) groups is 1. The van der Waals surface area contributed by atoms with Gasteiger partial charge in [0.05, 0.1) is 12.0 Å². The van der Waals surface area contributed by atoms with E-state index < -0.39 is 0 Å². The summed E-state index contributed by atoms with van der Waals surface area (Å²) in [6.45, 7) is 4.06. The number of hydrogen-bond donors (Lipinski definition) is 1. The van der Waals surface area contributed by atoms with E-state index in [1.807, 2.05) is 68.4 Å². The van der Waals surface area contributed by atoms with Crippen molar-refractivity contribution in [1.82, 2.24) is 5.32 Å². The lowest BCUT2D eigenvalue weighted by atomic mass is 9.95. The molecule has 2 rings (SSSR count). The molecule has 3 heteroatoms. The first-order valence-corrected chi connectivity index (χ1v) is 8.02. The minimum atomic E-state index is -0.107. The highest BCUT2D eigenvalue weighted by atomic mass is 79.9. The van der Waals surface area contributed by atoms with Crippen LogP contribution in [0.25, 0.3) is 0 Å². The van der Waals surface area contributed by atoms with Crippen LogP contribution in [0.3, 0.4) is 0 Å². The second-order valence-electron chi connectivity index (χ2n) is 5.15. The maximum atomic E-state index is 12.5. The van der Waals surface area contributed by atoms with Gasteiger partial charge in [0, 0.05) is 4.47 Å². The molecule has 0 saturated heterocycles. The fraction of sp³-hybridized carbons (Fsp3) is 0.278. The summed E-state index contributed by atoms with van der Waals surface area (Å²) in [6, 6.07) is 18.0. The second kappa shape index (κ2) is 7.41. The molecule has 0 saturated carbocycles. The molecule has 2 unspecified atom stereocenters. The van der Waals surface area contributed by atoms with Gasteiger partial charge in [0.1, 0.15) is 0 Å². The number of amides is 1. The highest BCUT2D eigenvalue weighted by Crippen LogP contribution is 2.23. The SMILES string of the molecule is CCC(C(=O)NC(C)c1ccccc1)c1ccc(Br)cc1. The van der Waals surface area contributed by atoms with E-state index in [0.29, 0.717) is 0 Å². The number of rotatable bonds is 5. The fourth-order valence-electron chi connectivity index (χ4n) is 2.41. The Kier molecular flexibility index (Phi) is 5.57. The van der Waals surface area contributed by atoms with Crippen LogP contribution >= 0.6 is 15.9 Å². The van der Waals surface area contributed by atoms with Gasteiger partial charge < -0.3 is 5.32 Å². The summed E-state index contributed by atoms with van der Waals surface area (Å²) in [5.74, 6) is -0.0274. The van der Waals surface area contributed by atoms with E-state index in [0.717, 1.165) is 22.0 Å². The molecule has 0 bridgehead atoms. The van der Waals surface area contributed by atoms with Crippen LogP contribution in [0.5, 0.6) is 0 Å². The zero-order chi connectivity index (χ0) is 15.2. The molecule has 2 aromatic rings. The van der Waals surface area contributed by atoms with Crippen molar-refractivity contribution in [3.8, 4) is 0 Å². The summed E-state index contributed by atoms with van der Waals surface area (Å²) in [5, 5.41) is 3.11. The van der Waals surface area contributed by atoms with Crippen molar-refractivity contribution in [2.75, 3.05) is 0 Å². The van der Waals surface area contributed by atoms with Crippen LogP contribution < -0.4 is 5.32 Å². The van der Waals surface area contributed by atoms with E-state index in [-0.39, 0.29) is 17.9 Å². The summed E-state index contributed by atoms with van der Waals surface area (Å²) < 4.78 is 1.03. The zero-order valence-electron chi connectivity index (χ0n) is 12.3. The molecule has 21 heavy (non-hydrogen) atoms. The Morgan fingerprint density at radius 2 is 1.67 bits per heavy atom. The fourth-order valence-corrected chi connectivity index (χ4v) is 2.67. The third-order valence-electron chi connectivity index (χ3n) is 3.66. The van der Waals surface area contributed by atoms with Gasteiger partial charge in [-0.2, -0.15) is 0 Å². The van der Waals surface area contributed by atoms with Gasteiger partial charge in [-0.25, -0.2) is 0 Å².